The van der Waals surface area contributed by atoms with Crippen LogP contribution in [0, 0.1) is 0 Å². The molecule has 6 nitrogen and oxygen atoms in total. The van der Waals surface area contributed by atoms with Crippen molar-refractivity contribution in [3.8, 4) is 0 Å². The first kappa shape index (κ1) is 19.6. The van der Waals surface area contributed by atoms with E-state index in [1.807, 2.05) is 30.5 Å². The van der Waals surface area contributed by atoms with Gasteiger partial charge in [0.05, 0.1) is 12.7 Å². The van der Waals surface area contributed by atoms with Gasteiger partial charge in [-0.05, 0) is 17.7 Å². The van der Waals surface area contributed by atoms with Gasteiger partial charge in [-0.3, -0.25) is 9.80 Å². The second kappa shape index (κ2) is 9.15. The van der Waals surface area contributed by atoms with Crippen LogP contribution < -0.4 is 0 Å². The van der Waals surface area contributed by atoms with Gasteiger partial charge in [-0.1, -0.05) is 26.0 Å². The lowest BCUT2D eigenvalue weighted by atomic mass is 10.1. The van der Waals surface area contributed by atoms with E-state index in [-0.39, 0.29) is 5.97 Å². The fourth-order valence-electron chi connectivity index (χ4n) is 3.55. The van der Waals surface area contributed by atoms with Crippen molar-refractivity contribution in [2.24, 2.45) is 0 Å². The van der Waals surface area contributed by atoms with Crippen molar-refractivity contribution >= 4 is 5.97 Å². The molecule has 0 atom stereocenters. The molecule has 1 fully saturated rings. The third-order valence-corrected chi connectivity index (χ3v) is 5.17. The summed E-state index contributed by atoms with van der Waals surface area (Å²) in [5.74, 6) is 1.35. The lowest BCUT2D eigenvalue weighted by Crippen LogP contribution is -2.46. The molecule has 2 aromatic rings. The Bertz CT molecular complexity index is 731. The molecule has 0 saturated carbocycles. The van der Waals surface area contributed by atoms with Gasteiger partial charge in [0.15, 0.2) is 0 Å². The van der Waals surface area contributed by atoms with E-state index in [9.17, 15) is 4.79 Å². The number of nitrogens with zero attached hydrogens (tertiary/aromatic N) is 4. The molecule has 0 spiro atoms. The van der Waals surface area contributed by atoms with Crippen LogP contribution in [-0.4, -0.2) is 65.2 Å². The van der Waals surface area contributed by atoms with Crippen molar-refractivity contribution in [1.29, 1.82) is 0 Å². The zero-order valence-corrected chi connectivity index (χ0v) is 16.6. The number of hydrogen-bond acceptors (Lipinski definition) is 5. The number of hydrogen-bond donors (Lipinski definition) is 0. The Hall–Kier alpha value is -2.18. The normalized spacial score (nSPS) is 16.0. The molecular weight excluding hydrogens is 340 g/mol. The topological polar surface area (TPSA) is 50.6 Å². The summed E-state index contributed by atoms with van der Waals surface area (Å²) in [4.78, 5) is 21.0. The molecule has 1 saturated heterocycles. The Labute approximate surface area is 161 Å². The number of piperazine rings is 1. The summed E-state index contributed by atoms with van der Waals surface area (Å²) >= 11 is 0. The highest BCUT2D eigenvalue weighted by Gasteiger charge is 2.17. The van der Waals surface area contributed by atoms with E-state index in [0.717, 1.165) is 45.8 Å². The molecule has 3 rings (SSSR count). The highest BCUT2D eigenvalue weighted by molar-refractivity contribution is 5.89. The van der Waals surface area contributed by atoms with Gasteiger partial charge in [-0.2, -0.15) is 0 Å². The summed E-state index contributed by atoms with van der Waals surface area (Å²) in [6.45, 7) is 11.7. The number of ether oxygens (including phenoxy) is 1. The first-order valence-electron chi connectivity index (χ1n) is 9.70. The molecular formula is C21H30N4O2. The van der Waals surface area contributed by atoms with E-state index in [0.29, 0.717) is 11.5 Å². The monoisotopic (exact) mass is 370 g/mol. The van der Waals surface area contributed by atoms with Gasteiger partial charge in [0.2, 0.25) is 0 Å². The smallest absolute Gasteiger partial charge is 0.337 e. The molecule has 27 heavy (non-hydrogen) atoms. The second-order valence-electron chi connectivity index (χ2n) is 7.44. The number of esters is 1. The minimum absolute atomic E-state index is 0.284. The molecule has 1 aromatic heterocycles. The van der Waals surface area contributed by atoms with Crippen LogP contribution in [0.25, 0.3) is 0 Å². The fraction of sp³-hybridized carbons (Fsp3) is 0.524. The average Bonchev–Trinajstić information content (AvgIpc) is 3.16. The van der Waals surface area contributed by atoms with Crippen molar-refractivity contribution in [2.45, 2.75) is 32.9 Å². The van der Waals surface area contributed by atoms with Gasteiger partial charge in [-0.15, -0.1) is 0 Å². The Morgan fingerprint density at radius 2 is 1.74 bits per heavy atom. The van der Waals surface area contributed by atoms with Crippen LogP contribution in [0.1, 0.15) is 41.5 Å². The van der Waals surface area contributed by atoms with Gasteiger partial charge in [0, 0.05) is 64.1 Å². The maximum absolute atomic E-state index is 11.5. The maximum atomic E-state index is 11.5. The molecule has 0 aliphatic carbocycles. The number of imidazole rings is 1. The van der Waals surface area contributed by atoms with Gasteiger partial charge in [0.1, 0.15) is 5.82 Å². The van der Waals surface area contributed by atoms with Crippen molar-refractivity contribution in [3.63, 3.8) is 0 Å². The summed E-state index contributed by atoms with van der Waals surface area (Å²) in [5, 5.41) is 0. The van der Waals surface area contributed by atoms with E-state index in [4.69, 9.17) is 4.74 Å². The molecule has 0 unspecified atom stereocenters. The number of methoxy groups -OCH3 is 1. The lowest BCUT2D eigenvalue weighted by Gasteiger charge is -2.34. The molecule has 0 bridgehead atoms. The van der Waals surface area contributed by atoms with Crippen molar-refractivity contribution < 1.29 is 9.53 Å². The quantitative estimate of drug-likeness (QED) is 0.701. The van der Waals surface area contributed by atoms with Crippen LogP contribution in [0.3, 0.4) is 0 Å². The number of benzene rings is 1. The Morgan fingerprint density at radius 1 is 1.07 bits per heavy atom. The van der Waals surface area contributed by atoms with Gasteiger partial charge in [0.25, 0.3) is 0 Å². The molecule has 2 heterocycles. The van der Waals surface area contributed by atoms with Crippen LogP contribution in [0.15, 0.2) is 36.7 Å². The molecule has 6 heteroatoms. The molecule has 1 aliphatic rings. The van der Waals surface area contributed by atoms with Crippen molar-refractivity contribution in [2.75, 3.05) is 39.8 Å². The van der Waals surface area contributed by atoms with Gasteiger partial charge in [-0.25, -0.2) is 9.78 Å². The molecule has 0 amide bonds. The largest absolute Gasteiger partial charge is 0.465 e. The van der Waals surface area contributed by atoms with E-state index in [2.05, 4.69) is 39.4 Å². The van der Waals surface area contributed by atoms with Crippen LogP contribution in [0.5, 0.6) is 0 Å². The van der Waals surface area contributed by atoms with E-state index >= 15 is 0 Å². The first-order chi connectivity index (χ1) is 13.1. The number of carbonyl (C=O) groups is 1. The standard InChI is InChI=1S/C21H30N4O2/c1-17(2)20-22-8-9-25(20)15-14-23-10-12-24(13-11-23)16-18-4-6-19(7-5-18)21(26)27-3/h4-9,17H,10-16H2,1-3H3. The zero-order chi connectivity index (χ0) is 19.2. The summed E-state index contributed by atoms with van der Waals surface area (Å²) in [5.41, 5.74) is 1.84. The summed E-state index contributed by atoms with van der Waals surface area (Å²) in [7, 11) is 1.41. The van der Waals surface area contributed by atoms with Gasteiger partial charge >= 0.3 is 5.97 Å². The Kier molecular flexibility index (Phi) is 6.63. The lowest BCUT2D eigenvalue weighted by molar-refractivity contribution is 0.0600. The molecule has 0 radical (unpaired) electrons. The number of aromatic nitrogens is 2. The highest BCUT2D eigenvalue weighted by atomic mass is 16.5. The van der Waals surface area contributed by atoms with Crippen LogP contribution in [0.2, 0.25) is 0 Å². The predicted octanol–water partition coefficient (Wildman–Crippen LogP) is 2.61. The fourth-order valence-corrected chi connectivity index (χ4v) is 3.55. The number of rotatable bonds is 7. The Morgan fingerprint density at radius 3 is 2.37 bits per heavy atom. The second-order valence-corrected chi connectivity index (χ2v) is 7.44. The maximum Gasteiger partial charge on any atom is 0.337 e. The van der Waals surface area contributed by atoms with Crippen LogP contribution >= 0.6 is 0 Å². The average molecular weight is 370 g/mol. The van der Waals surface area contributed by atoms with E-state index in [1.54, 1.807) is 0 Å². The molecule has 1 aliphatic heterocycles. The summed E-state index contributed by atoms with van der Waals surface area (Å²) < 4.78 is 7.03. The summed E-state index contributed by atoms with van der Waals surface area (Å²) in [6, 6.07) is 7.72. The Balaban J connectivity index is 1.43. The predicted molar refractivity (Wildman–Crippen MR) is 106 cm³/mol. The zero-order valence-electron chi connectivity index (χ0n) is 16.6. The molecule has 0 N–H and O–H groups in total. The minimum atomic E-state index is -0.284. The summed E-state index contributed by atoms with van der Waals surface area (Å²) in [6.07, 6.45) is 3.99. The van der Waals surface area contributed by atoms with E-state index in [1.165, 1.54) is 18.5 Å². The van der Waals surface area contributed by atoms with Gasteiger partial charge < -0.3 is 9.30 Å². The third kappa shape index (κ3) is 5.17. The van der Waals surface area contributed by atoms with Crippen LogP contribution in [0.4, 0.5) is 0 Å². The van der Waals surface area contributed by atoms with Crippen LogP contribution in [-0.2, 0) is 17.8 Å². The minimum Gasteiger partial charge on any atom is -0.465 e. The molecule has 1 aromatic carbocycles. The first-order valence-corrected chi connectivity index (χ1v) is 9.70. The van der Waals surface area contributed by atoms with Crippen molar-refractivity contribution in [1.82, 2.24) is 19.4 Å². The molecule has 146 valence electrons. The van der Waals surface area contributed by atoms with E-state index < -0.39 is 0 Å². The SMILES string of the molecule is COC(=O)c1ccc(CN2CCN(CCn3ccnc3C(C)C)CC2)cc1. The van der Waals surface area contributed by atoms with Crippen molar-refractivity contribution in [3.05, 3.63) is 53.6 Å². The third-order valence-electron chi connectivity index (χ3n) is 5.17. The number of carbonyl (C=O) groups excluding carboxylic acids is 1. The highest BCUT2D eigenvalue weighted by Crippen LogP contribution is 2.13.